The molecule has 4 rings (SSSR count). The molecule has 2 unspecified atom stereocenters. The van der Waals surface area contributed by atoms with Gasteiger partial charge in [0.2, 0.25) is 0 Å². The Hall–Kier alpha value is -1.06. The van der Waals surface area contributed by atoms with Gasteiger partial charge < -0.3 is 9.84 Å². The van der Waals surface area contributed by atoms with E-state index in [0.29, 0.717) is 18.3 Å². The zero-order chi connectivity index (χ0) is 14.8. The van der Waals surface area contributed by atoms with Gasteiger partial charge >= 0.3 is 11.9 Å². The summed E-state index contributed by atoms with van der Waals surface area (Å²) >= 11 is 0. The number of ether oxygens (including phenoxy) is 1. The summed E-state index contributed by atoms with van der Waals surface area (Å²) in [6.07, 6.45) is 5.49. The van der Waals surface area contributed by atoms with E-state index < -0.39 is 17.0 Å². The van der Waals surface area contributed by atoms with Crippen LogP contribution in [0.4, 0.5) is 0 Å². The lowest BCUT2D eigenvalue weighted by Crippen LogP contribution is -2.62. The third-order valence-electron chi connectivity index (χ3n) is 6.19. The average Bonchev–Trinajstić information content (AvgIpc) is 2.24. The molecule has 4 atom stereocenters. The van der Waals surface area contributed by atoms with Crippen molar-refractivity contribution in [1.82, 2.24) is 0 Å². The van der Waals surface area contributed by atoms with Crippen LogP contribution in [0.15, 0.2) is 0 Å². The number of carboxylic acid groups (broad SMARTS) is 1. The van der Waals surface area contributed by atoms with Crippen LogP contribution in [0.25, 0.3) is 0 Å². The van der Waals surface area contributed by atoms with Gasteiger partial charge in [-0.15, -0.1) is 0 Å². The van der Waals surface area contributed by atoms with Crippen molar-refractivity contribution in [2.75, 3.05) is 0 Å². The SMILES string of the molecule is CC(=O)OC(C)(C)C12C[C@@H]3C[C@@H](CC(C(=O)O)(C3)C1)C2. The number of hydrogen-bond donors (Lipinski definition) is 1. The van der Waals surface area contributed by atoms with Gasteiger partial charge in [0, 0.05) is 12.3 Å². The molecule has 0 heterocycles. The average molecular weight is 280 g/mol. The molecule has 4 bridgehead atoms. The number of hydrogen-bond acceptors (Lipinski definition) is 3. The van der Waals surface area contributed by atoms with Gasteiger partial charge in [-0.2, -0.15) is 0 Å². The molecular weight excluding hydrogens is 256 g/mol. The highest BCUT2D eigenvalue weighted by Crippen LogP contribution is 2.68. The third kappa shape index (κ3) is 1.80. The summed E-state index contributed by atoms with van der Waals surface area (Å²) in [5.41, 5.74) is -1.29. The minimum atomic E-state index is -0.644. The number of carbonyl (C=O) groups excluding carboxylic acids is 1. The topological polar surface area (TPSA) is 63.6 Å². The van der Waals surface area contributed by atoms with Crippen molar-refractivity contribution in [2.45, 2.75) is 64.9 Å². The molecule has 4 nitrogen and oxygen atoms in total. The lowest BCUT2D eigenvalue weighted by atomic mass is 9.41. The van der Waals surface area contributed by atoms with Crippen molar-refractivity contribution in [3.05, 3.63) is 0 Å². The van der Waals surface area contributed by atoms with Crippen molar-refractivity contribution in [1.29, 1.82) is 0 Å². The highest BCUT2D eigenvalue weighted by molar-refractivity contribution is 5.75. The predicted octanol–water partition coefficient (Wildman–Crippen LogP) is 3.00. The first-order valence-electron chi connectivity index (χ1n) is 7.61. The summed E-state index contributed by atoms with van der Waals surface area (Å²) in [5.74, 6) is 0.0640. The molecular formula is C16H24O4. The minimum Gasteiger partial charge on any atom is -0.481 e. The standard InChI is InChI=1S/C16H24O4/c1-10(17)20-14(2,3)16-7-11-4-12(8-16)6-15(5-11,9-16)13(18)19/h11-12H,4-9H2,1-3H3,(H,18,19)/t11-,12+,15?,16?. The van der Waals surface area contributed by atoms with Crippen LogP contribution in [-0.2, 0) is 14.3 Å². The lowest BCUT2D eigenvalue weighted by Gasteiger charge is -2.64. The van der Waals surface area contributed by atoms with Gasteiger partial charge in [0.05, 0.1) is 5.41 Å². The molecule has 0 amide bonds. The Morgan fingerprint density at radius 3 is 2.15 bits per heavy atom. The van der Waals surface area contributed by atoms with Crippen molar-refractivity contribution in [3.63, 3.8) is 0 Å². The Morgan fingerprint density at radius 2 is 1.70 bits per heavy atom. The van der Waals surface area contributed by atoms with Crippen LogP contribution in [0, 0.1) is 22.7 Å². The van der Waals surface area contributed by atoms with Crippen LogP contribution in [0.2, 0.25) is 0 Å². The van der Waals surface area contributed by atoms with Crippen molar-refractivity contribution in [3.8, 4) is 0 Å². The van der Waals surface area contributed by atoms with Gasteiger partial charge in [0.15, 0.2) is 0 Å². The van der Waals surface area contributed by atoms with Crippen molar-refractivity contribution in [2.24, 2.45) is 22.7 Å². The monoisotopic (exact) mass is 280 g/mol. The Balaban J connectivity index is 1.98. The summed E-state index contributed by atoms with van der Waals surface area (Å²) in [4.78, 5) is 23.3. The maximum absolute atomic E-state index is 11.8. The molecule has 4 fully saturated rings. The zero-order valence-corrected chi connectivity index (χ0v) is 12.6. The minimum absolute atomic E-state index is 0.152. The summed E-state index contributed by atoms with van der Waals surface area (Å²) in [6.45, 7) is 5.38. The summed E-state index contributed by atoms with van der Waals surface area (Å²) in [5, 5.41) is 9.73. The highest BCUT2D eigenvalue weighted by Gasteiger charge is 2.65. The van der Waals surface area contributed by atoms with E-state index in [2.05, 4.69) is 0 Å². The van der Waals surface area contributed by atoms with Crippen LogP contribution in [0.5, 0.6) is 0 Å². The predicted molar refractivity (Wildman–Crippen MR) is 73.0 cm³/mol. The van der Waals surface area contributed by atoms with E-state index in [1.807, 2.05) is 13.8 Å². The molecule has 0 aromatic rings. The molecule has 0 saturated heterocycles. The maximum atomic E-state index is 11.8. The summed E-state index contributed by atoms with van der Waals surface area (Å²) < 4.78 is 5.62. The summed E-state index contributed by atoms with van der Waals surface area (Å²) in [6, 6.07) is 0. The Kier molecular flexibility index (Phi) is 2.77. The van der Waals surface area contributed by atoms with Crippen LogP contribution in [0.1, 0.15) is 59.3 Å². The maximum Gasteiger partial charge on any atom is 0.309 e. The van der Waals surface area contributed by atoms with E-state index in [4.69, 9.17) is 4.74 Å². The van der Waals surface area contributed by atoms with Gasteiger partial charge in [-0.05, 0) is 64.2 Å². The van der Waals surface area contributed by atoms with Crippen LogP contribution < -0.4 is 0 Å². The second kappa shape index (κ2) is 3.99. The van der Waals surface area contributed by atoms with E-state index in [9.17, 15) is 14.7 Å². The third-order valence-corrected chi connectivity index (χ3v) is 6.19. The normalized spacial score (nSPS) is 42.5. The second-order valence-electron chi connectivity index (χ2n) is 7.93. The fraction of sp³-hybridized carbons (Fsp3) is 0.875. The van der Waals surface area contributed by atoms with Crippen molar-refractivity contribution < 1.29 is 19.4 Å². The van der Waals surface area contributed by atoms with Crippen LogP contribution >= 0.6 is 0 Å². The molecule has 4 heteroatoms. The van der Waals surface area contributed by atoms with E-state index in [1.54, 1.807) is 0 Å². The fourth-order valence-electron chi connectivity index (χ4n) is 5.68. The molecule has 4 aliphatic carbocycles. The zero-order valence-electron chi connectivity index (χ0n) is 12.6. The number of aliphatic carboxylic acids is 1. The molecule has 112 valence electrons. The van der Waals surface area contributed by atoms with E-state index in [-0.39, 0.29) is 11.4 Å². The fourth-order valence-corrected chi connectivity index (χ4v) is 5.68. The molecule has 1 N–H and O–H groups in total. The number of carbonyl (C=O) groups is 2. The smallest absolute Gasteiger partial charge is 0.309 e. The number of carboxylic acids is 1. The first-order chi connectivity index (χ1) is 9.18. The van der Waals surface area contributed by atoms with Gasteiger partial charge in [-0.3, -0.25) is 9.59 Å². The first-order valence-corrected chi connectivity index (χ1v) is 7.61. The van der Waals surface area contributed by atoms with Gasteiger partial charge in [0.1, 0.15) is 5.60 Å². The molecule has 20 heavy (non-hydrogen) atoms. The molecule has 0 aromatic carbocycles. The first kappa shape index (κ1) is 13.9. The van der Waals surface area contributed by atoms with Gasteiger partial charge in [-0.1, -0.05) is 0 Å². The van der Waals surface area contributed by atoms with E-state index in [0.717, 1.165) is 32.1 Å². The summed E-state index contributed by atoms with van der Waals surface area (Å²) in [7, 11) is 0. The van der Waals surface area contributed by atoms with Crippen LogP contribution in [-0.4, -0.2) is 22.6 Å². The quantitative estimate of drug-likeness (QED) is 0.807. The van der Waals surface area contributed by atoms with Gasteiger partial charge in [-0.25, -0.2) is 0 Å². The number of rotatable bonds is 3. The molecule has 0 aromatic heterocycles. The van der Waals surface area contributed by atoms with E-state index in [1.165, 1.54) is 6.92 Å². The molecule has 4 saturated carbocycles. The van der Waals surface area contributed by atoms with E-state index >= 15 is 0 Å². The lowest BCUT2D eigenvalue weighted by molar-refractivity contribution is -0.218. The molecule has 0 spiro atoms. The Labute approximate surface area is 119 Å². The Morgan fingerprint density at radius 1 is 1.15 bits per heavy atom. The largest absolute Gasteiger partial charge is 0.481 e. The molecule has 4 aliphatic rings. The highest BCUT2D eigenvalue weighted by atomic mass is 16.6. The van der Waals surface area contributed by atoms with Gasteiger partial charge in [0.25, 0.3) is 0 Å². The number of esters is 1. The molecule has 0 aliphatic heterocycles. The van der Waals surface area contributed by atoms with Crippen molar-refractivity contribution >= 4 is 11.9 Å². The second-order valence-corrected chi connectivity index (χ2v) is 7.93. The molecule has 0 radical (unpaired) electrons. The van der Waals surface area contributed by atoms with Crippen LogP contribution in [0.3, 0.4) is 0 Å². The Bertz CT molecular complexity index is 451.